The lowest BCUT2D eigenvalue weighted by molar-refractivity contribution is -0.119. The third-order valence-electron chi connectivity index (χ3n) is 4.13. The van der Waals surface area contributed by atoms with Gasteiger partial charge in [-0.3, -0.25) is 4.79 Å². The number of carbonyl (C=O) groups excluding carboxylic acids is 3. The van der Waals surface area contributed by atoms with Gasteiger partial charge in [-0.25, -0.2) is 14.6 Å². The van der Waals surface area contributed by atoms with Crippen molar-refractivity contribution >= 4 is 34.2 Å². The number of nitrogens with one attached hydrogen (secondary N) is 1. The number of methoxy groups -OCH3 is 1. The summed E-state index contributed by atoms with van der Waals surface area (Å²) in [6.45, 7) is 1.37. The molecule has 0 aliphatic heterocycles. The number of nitrogens with zero attached hydrogens (tertiary/aromatic N) is 1. The van der Waals surface area contributed by atoms with E-state index in [9.17, 15) is 14.4 Å². The Morgan fingerprint density at radius 3 is 2.45 bits per heavy atom. The fraction of sp³-hybridized carbons (Fsp3) is 0.182. The van der Waals surface area contributed by atoms with Crippen molar-refractivity contribution in [3.05, 3.63) is 65.3 Å². The molecule has 8 nitrogen and oxygen atoms in total. The highest BCUT2D eigenvalue weighted by Gasteiger charge is 2.23. The van der Waals surface area contributed by atoms with Crippen LogP contribution in [0, 0.1) is 0 Å². The molecule has 0 bridgehead atoms. The van der Waals surface area contributed by atoms with Crippen LogP contribution in [-0.2, 0) is 14.3 Å². The van der Waals surface area contributed by atoms with Crippen LogP contribution in [0.4, 0.5) is 5.00 Å². The third-order valence-corrected chi connectivity index (χ3v) is 5.03. The van der Waals surface area contributed by atoms with Gasteiger partial charge in [0.15, 0.2) is 6.61 Å². The van der Waals surface area contributed by atoms with Crippen LogP contribution in [0.5, 0.6) is 5.75 Å². The van der Waals surface area contributed by atoms with Crippen LogP contribution in [0.1, 0.15) is 27.8 Å². The summed E-state index contributed by atoms with van der Waals surface area (Å²) in [6.07, 6.45) is 1.45. The van der Waals surface area contributed by atoms with Crippen molar-refractivity contribution in [1.82, 2.24) is 4.98 Å². The van der Waals surface area contributed by atoms with Crippen molar-refractivity contribution in [3.63, 3.8) is 0 Å². The average Bonchev–Trinajstić information content (AvgIpc) is 3.21. The van der Waals surface area contributed by atoms with Crippen molar-refractivity contribution in [1.29, 1.82) is 0 Å². The molecule has 2 aromatic heterocycles. The predicted octanol–water partition coefficient (Wildman–Crippen LogP) is 3.79. The van der Waals surface area contributed by atoms with E-state index in [2.05, 4.69) is 10.3 Å². The summed E-state index contributed by atoms with van der Waals surface area (Å²) in [5, 5.41) is 4.69. The molecule has 1 amide bonds. The van der Waals surface area contributed by atoms with E-state index in [-0.39, 0.29) is 17.9 Å². The second kappa shape index (κ2) is 10.4. The first kappa shape index (κ1) is 22.0. The third kappa shape index (κ3) is 5.46. The van der Waals surface area contributed by atoms with Gasteiger partial charge < -0.3 is 19.5 Å². The number of amides is 1. The summed E-state index contributed by atoms with van der Waals surface area (Å²) >= 11 is 1.18. The molecule has 9 heteroatoms. The maximum Gasteiger partial charge on any atom is 0.357 e. The zero-order valence-corrected chi connectivity index (χ0v) is 17.7. The van der Waals surface area contributed by atoms with Crippen LogP contribution < -0.4 is 10.1 Å². The first-order chi connectivity index (χ1) is 15.0. The van der Waals surface area contributed by atoms with Gasteiger partial charge in [0.05, 0.1) is 13.7 Å². The van der Waals surface area contributed by atoms with Crippen LogP contribution >= 0.6 is 11.3 Å². The van der Waals surface area contributed by atoms with Crippen molar-refractivity contribution in [2.24, 2.45) is 0 Å². The normalized spacial score (nSPS) is 10.3. The highest BCUT2D eigenvalue weighted by Crippen LogP contribution is 2.36. The Bertz CT molecular complexity index is 1060. The number of aromatic nitrogens is 1. The first-order valence-electron chi connectivity index (χ1n) is 9.34. The van der Waals surface area contributed by atoms with Crippen molar-refractivity contribution in [2.75, 3.05) is 25.6 Å². The molecule has 3 aromatic rings. The summed E-state index contributed by atoms with van der Waals surface area (Å²) < 4.78 is 15.3. The molecule has 1 N–H and O–H groups in total. The van der Waals surface area contributed by atoms with Crippen LogP contribution in [0.2, 0.25) is 0 Å². The quantitative estimate of drug-likeness (QED) is 0.532. The number of pyridine rings is 1. The molecule has 0 unspecified atom stereocenters. The van der Waals surface area contributed by atoms with E-state index in [0.29, 0.717) is 16.3 Å². The minimum Gasteiger partial charge on any atom is -0.497 e. The highest BCUT2D eigenvalue weighted by molar-refractivity contribution is 7.15. The minimum atomic E-state index is -0.716. The molecule has 31 heavy (non-hydrogen) atoms. The van der Waals surface area contributed by atoms with Gasteiger partial charge in [0.25, 0.3) is 5.91 Å². The first-order valence-corrected chi connectivity index (χ1v) is 10.2. The molecule has 0 spiro atoms. The molecule has 0 aliphatic rings. The number of hydrogen-bond acceptors (Lipinski definition) is 8. The lowest BCUT2D eigenvalue weighted by Gasteiger charge is -2.09. The number of hydrogen-bond donors (Lipinski definition) is 1. The Balaban J connectivity index is 1.76. The lowest BCUT2D eigenvalue weighted by Crippen LogP contribution is -2.22. The summed E-state index contributed by atoms with van der Waals surface area (Å²) in [4.78, 5) is 40.8. The number of esters is 2. The summed E-state index contributed by atoms with van der Waals surface area (Å²) in [6, 6.07) is 12.0. The number of benzene rings is 1. The number of carbonyl (C=O) groups is 3. The molecular weight excluding hydrogens is 420 g/mol. The zero-order chi connectivity index (χ0) is 22.2. The Kier molecular flexibility index (Phi) is 7.34. The molecule has 3 rings (SSSR count). The van der Waals surface area contributed by atoms with Gasteiger partial charge in [-0.2, -0.15) is 0 Å². The largest absolute Gasteiger partial charge is 0.497 e. The van der Waals surface area contributed by atoms with Crippen LogP contribution in [0.15, 0.2) is 54.0 Å². The zero-order valence-electron chi connectivity index (χ0n) is 16.9. The van der Waals surface area contributed by atoms with E-state index >= 15 is 0 Å². The number of rotatable bonds is 8. The van der Waals surface area contributed by atoms with E-state index in [1.54, 1.807) is 43.7 Å². The predicted molar refractivity (Wildman–Crippen MR) is 115 cm³/mol. The van der Waals surface area contributed by atoms with Crippen LogP contribution in [-0.4, -0.2) is 43.2 Å². The van der Waals surface area contributed by atoms with E-state index in [0.717, 1.165) is 5.56 Å². The van der Waals surface area contributed by atoms with Crippen LogP contribution in [0.3, 0.4) is 0 Å². The fourth-order valence-corrected chi connectivity index (χ4v) is 3.66. The molecule has 0 atom stereocenters. The van der Waals surface area contributed by atoms with Gasteiger partial charge in [0, 0.05) is 17.1 Å². The minimum absolute atomic E-state index is 0.0976. The Labute approximate surface area is 182 Å². The Morgan fingerprint density at radius 2 is 1.81 bits per heavy atom. The van der Waals surface area contributed by atoms with E-state index in [1.165, 1.54) is 23.6 Å². The summed E-state index contributed by atoms with van der Waals surface area (Å²) in [7, 11) is 1.57. The monoisotopic (exact) mass is 440 g/mol. The van der Waals surface area contributed by atoms with E-state index in [4.69, 9.17) is 14.2 Å². The van der Waals surface area contributed by atoms with Gasteiger partial charge in [0.2, 0.25) is 0 Å². The fourth-order valence-electron chi connectivity index (χ4n) is 2.69. The SMILES string of the molecule is CCOC(=O)c1c(-c2ccc(OC)cc2)csc1NC(=O)COC(=O)c1ccccn1. The summed E-state index contributed by atoms with van der Waals surface area (Å²) in [5.41, 5.74) is 1.72. The van der Waals surface area contributed by atoms with Gasteiger partial charge in [-0.1, -0.05) is 18.2 Å². The number of thiophene rings is 1. The van der Waals surface area contributed by atoms with Crippen LogP contribution in [0.25, 0.3) is 11.1 Å². The second-order valence-corrected chi connectivity index (χ2v) is 7.02. The lowest BCUT2D eigenvalue weighted by atomic mass is 10.0. The smallest absolute Gasteiger partial charge is 0.357 e. The van der Waals surface area contributed by atoms with E-state index in [1.807, 2.05) is 12.1 Å². The Morgan fingerprint density at radius 1 is 1.03 bits per heavy atom. The highest BCUT2D eigenvalue weighted by atomic mass is 32.1. The molecule has 0 fully saturated rings. The Hall–Kier alpha value is -3.72. The second-order valence-electron chi connectivity index (χ2n) is 6.14. The standard InChI is InChI=1S/C22H20N2O6S/c1-3-29-22(27)19-16(14-7-9-15(28-2)10-8-14)13-31-20(19)24-18(25)12-30-21(26)17-6-4-5-11-23-17/h4-11,13H,3,12H2,1-2H3,(H,24,25). The maximum atomic E-state index is 12.6. The van der Waals surface area contributed by atoms with Crippen molar-refractivity contribution in [3.8, 4) is 16.9 Å². The van der Waals surface area contributed by atoms with Gasteiger partial charge in [0.1, 0.15) is 22.0 Å². The van der Waals surface area contributed by atoms with Crippen molar-refractivity contribution in [2.45, 2.75) is 6.92 Å². The number of ether oxygens (including phenoxy) is 3. The van der Waals surface area contributed by atoms with Gasteiger partial charge in [-0.15, -0.1) is 11.3 Å². The molecule has 0 saturated heterocycles. The topological polar surface area (TPSA) is 104 Å². The maximum absolute atomic E-state index is 12.6. The molecule has 0 radical (unpaired) electrons. The molecule has 1 aromatic carbocycles. The van der Waals surface area contributed by atoms with Gasteiger partial charge in [-0.05, 0) is 36.8 Å². The average molecular weight is 440 g/mol. The van der Waals surface area contributed by atoms with E-state index < -0.39 is 24.5 Å². The molecule has 2 heterocycles. The van der Waals surface area contributed by atoms with Crippen molar-refractivity contribution < 1.29 is 28.6 Å². The molecular formula is C22H20N2O6S. The van der Waals surface area contributed by atoms with Gasteiger partial charge >= 0.3 is 11.9 Å². The number of anilines is 1. The summed E-state index contributed by atoms with van der Waals surface area (Å²) in [5.74, 6) is -1.18. The molecule has 160 valence electrons. The molecule has 0 aliphatic carbocycles. The molecule has 0 saturated carbocycles.